The monoisotopic (exact) mass is 349 g/mol. The summed E-state index contributed by atoms with van der Waals surface area (Å²) in [7, 11) is 0. The van der Waals surface area contributed by atoms with Gasteiger partial charge < -0.3 is 5.11 Å². The molecule has 2 atom stereocenters. The van der Waals surface area contributed by atoms with Gasteiger partial charge in [0.25, 0.3) is 0 Å². The number of benzene rings is 1. The maximum atomic E-state index is 13.2. The molecule has 130 valence electrons. The van der Waals surface area contributed by atoms with Gasteiger partial charge in [-0.25, -0.2) is 9.82 Å². The molecule has 1 aliphatic heterocycles. The molecule has 6 heteroatoms. The van der Waals surface area contributed by atoms with Crippen molar-refractivity contribution in [2.24, 2.45) is 5.92 Å². The first-order valence-corrected chi connectivity index (χ1v) is 9.23. The van der Waals surface area contributed by atoms with Crippen molar-refractivity contribution >= 4 is 11.3 Å². The summed E-state index contributed by atoms with van der Waals surface area (Å²) < 4.78 is 13.2. The maximum Gasteiger partial charge on any atom is 0.123 e. The summed E-state index contributed by atoms with van der Waals surface area (Å²) in [6, 6.07) is 11.1. The normalized spacial score (nSPS) is 20.8. The smallest absolute Gasteiger partial charge is 0.123 e. The van der Waals surface area contributed by atoms with Crippen LogP contribution >= 0.6 is 11.3 Å². The Morgan fingerprint density at radius 3 is 2.79 bits per heavy atom. The third-order valence-corrected chi connectivity index (χ3v) is 5.27. The standard InChI is InChI=1S/C18H24FN3OS/c19-16-6-4-14(5-7-16)18-15(11-20-21-18)12-22(8-2-9-23)13-17-3-1-10-24-17/h1,3-7,10,15,18,20-21,23H,2,8-9,11-13H2. The zero-order valence-corrected chi connectivity index (χ0v) is 14.4. The molecule has 2 heterocycles. The third kappa shape index (κ3) is 4.62. The molecular formula is C18H24FN3OS. The van der Waals surface area contributed by atoms with E-state index in [0.717, 1.165) is 38.2 Å². The molecule has 3 N–H and O–H groups in total. The topological polar surface area (TPSA) is 47.5 Å². The number of thiophene rings is 1. The average molecular weight is 349 g/mol. The molecule has 24 heavy (non-hydrogen) atoms. The Hall–Kier alpha value is -1.31. The molecule has 0 saturated carbocycles. The van der Waals surface area contributed by atoms with Crippen molar-refractivity contribution in [2.75, 3.05) is 26.2 Å². The highest BCUT2D eigenvalue weighted by molar-refractivity contribution is 7.09. The summed E-state index contributed by atoms with van der Waals surface area (Å²) in [4.78, 5) is 3.74. The first kappa shape index (κ1) is 17.5. The minimum absolute atomic E-state index is 0.172. The van der Waals surface area contributed by atoms with E-state index in [1.807, 2.05) is 12.1 Å². The zero-order chi connectivity index (χ0) is 16.8. The lowest BCUT2D eigenvalue weighted by Crippen LogP contribution is -2.33. The lowest BCUT2D eigenvalue weighted by Gasteiger charge is -2.27. The van der Waals surface area contributed by atoms with E-state index in [4.69, 9.17) is 0 Å². The molecule has 2 unspecified atom stereocenters. The van der Waals surface area contributed by atoms with Gasteiger partial charge in [-0.2, -0.15) is 0 Å². The molecule has 0 amide bonds. The molecule has 1 saturated heterocycles. The second-order valence-electron chi connectivity index (χ2n) is 6.21. The molecule has 1 aromatic heterocycles. The van der Waals surface area contributed by atoms with Crippen LogP contribution in [0, 0.1) is 11.7 Å². The number of aliphatic hydroxyl groups is 1. The van der Waals surface area contributed by atoms with E-state index in [1.54, 1.807) is 11.3 Å². The van der Waals surface area contributed by atoms with Crippen LogP contribution in [0.5, 0.6) is 0 Å². The first-order chi connectivity index (χ1) is 11.8. The Morgan fingerprint density at radius 2 is 2.08 bits per heavy atom. The number of rotatable bonds is 8. The molecule has 0 radical (unpaired) electrons. The Morgan fingerprint density at radius 1 is 1.25 bits per heavy atom. The fourth-order valence-electron chi connectivity index (χ4n) is 3.22. The van der Waals surface area contributed by atoms with Crippen molar-refractivity contribution in [1.29, 1.82) is 0 Å². The van der Waals surface area contributed by atoms with E-state index < -0.39 is 0 Å². The lowest BCUT2D eigenvalue weighted by atomic mass is 9.94. The van der Waals surface area contributed by atoms with Crippen molar-refractivity contribution in [1.82, 2.24) is 15.8 Å². The van der Waals surface area contributed by atoms with E-state index in [0.29, 0.717) is 5.92 Å². The van der Waals surface area contributed by atoms with Crippen LogP contribution in [0.15, 0.2) is 41.8 Å². The van der Waals surface area contributed by atoms with E-state index in [1.165, 1.54) is 17.0 Å². The predicted octanol–water partition coefficient (Wildman–Crippen LogP) is 2.54. The van der Waals surface area contributed by atoms with E-state index in [2.05, 4.69) is 33.3 Å². The van der Waals surface area contributed by atoms with Gasteiger partial charge in [0.05, 0.1) is 6.04 Å². The van der Waals surface area contributed by atoms with Gasteiger partial charge >= 0.3 is 0 Å². The van der Waals surface area contributed by atoms with Crippen LogP contribution in [-0.2, 0) is 6.54 Å². The van der Waals surface area contributed by atoms with Crippen molar-refractivity contribution in [3.8, 4) is 0 Å². The SMILES string of the molecule is OCCCN(Cc1cccs1)CC1CNNC1c1ccc(F)cc1. The zero-order valence-electron chi connectivity index (χ0n) is 13.6. The minimum Gasteiger partial charge on any atom is -0.396 e. The molecule has 1 aromatic carbocycles. The summed E-state index contributed by atoms with van der Waals surface area (Å²) in [6.45, 7) is 3.80. The maximum absolute atomic E-state index is 13.2. The van der Waals surface area contributed by atoms with Crippen LogP contribution in [-0.4, -0.2) is 36.2 Å². The summed E-state index contributed by atoms with van der Waals surface area (Å²) in [5.41, 5.74) is 7.66. The van der Waals surface area contributed by atoms with Crippen LogP contribution < -0.4 is 10.9 Å². The molecular weight excluding hydrogens is 325 g/mol. The van der Waals surface area contributed by atoms with Gasteiger partial charge in [-0.15, -0.1) is 11.3 Å². The lowest BCUT2D eigenvalue weighted by molar-refractivity contribution is 0.192. The number of aliphatic hydroxyl groups excluding tert-OH is 1. The highest BCUT2D eigenvalue weighted by Gasteiger charge is 2.29. The molecule has 1 fully saturated rings. The Balaban J connectivity index is 1.66. The van der Waals surface area contributed by atoms with Crippen LogP contribution in [0.25, 0.3) is 0 Å². The number of halogens is 1. The van der Waals surface area contributed by atoms with E-state index >= 15 is 0 Å². The van der Waals surface area contributed by atoms with Crippen LogP contribution in [0.3, 0.4) is 0 Å². The minimum atomic E-state index is -0.205. The largest absolute Gasteiger partial charge is 0.396 e. The molecule has 3 rings (SSSR count). The van der Waals surface area contributed by atoms with Gasteiger partial charge in [0.1, 0.15) is 5.82 Å². The summed E-state index contributed by atoms with van der Waals surface area (Å²) in [5.74, 6) is 0.192. The Labute approximate surface area is 146 Å². The summed E-state index contributed by atoms with van der Waals surface area (Å²) in [6.07, 6.45) is 0.778. The van der Waals surface area contributed by atoms with Gasteiger partial charge in [0.15, 0.2) is 0 Å². The summed E-state index contributed by atoms with van der Waals surface area (Å²) in [5, 5.41) is 11.3. The van der Waals surface area contributed by atoms with Crippen LogP contribution in [0.2, 0.25) is 0 Å². The fraction of sp³-hybridized carbons (Fsp3) is 0.444. The molecule has 0 aliphatic carbocycles. The average Bonchev–Trinajstić information content (AvgIpc) is 3.25. The van der Waals surface area contributed by atoms with Crippen molar-refractivity contribution in [3.05, 3.63) is 58.0 Å². The highest BCUT2D eigenvalue weighted by atomic mass is 32.1. The van der Waals surface area contributed by atoms with Crippen LogP contribution in [0.1, 0.15) is 22.9 Å². The number of hydrogen-bond acceptors (Lipinski definition) is 5. The van der Waals surface area contributed by atoms with Crippen molar-refractivity contribution in [3.63, 3.8) is 0 Å². The molecule has 2 aromatic rings. The van der Waals surface area contributed by atoms with Gasteiger partial charge in [0, 0.05) is 43.6 Å². The second kappa shape index (κ2) is 8.69. The third-order valence-electron chi connectivity index (χ3n) is 4.41. The number of nitrogens with one attached hydrogen (secondary N) is 2. The Kier molecular flexibility index (Phi) is 6.34. The molecule has 4 nitrogen and oxygen atoms in total. The van der Waals surface area contributed by atoms with Gasteiger partial charge in [-0.3, -0.25) is 10.3 Å². The van der Waals surface area contributed by atoms with Gasteiger partial charge in [-0.05, 0) is 35.6 Å². The number of hydrazine groups is 1. The van der Waals surface area contributed by atoms with E-state index in [-0.39, 0.29) is 18.5 Å². The van der Waals surface area contributed by atoms with Crippen molar-refractivity contribution < 1.29 is 9.50 Å². The predicted molar refractivity (Wildman–Crippen MR) is 95.1 cm³/mol. The quantitative estimate of drug-likeness (QED) is 0.685. The second-order valence-corrected chi connectivity index (χ2v) is 7.24. The first-order valence-electron chi connectivity index (χ1n) is 8.35. The van der Waals surface area contributed by atoms with Gasteiger partial charge in [0.2, 0.25) is 0 Å². The van der Waals surface area contributed by atoms with Crippen molar-refractivity contribution in [2.45, 2.75) is 19.0 Å². The number of hydrogen-bond donors (Lipinski definition) is 3. The van der Waals surface area contributed by atoms with E-state index in [9.17, 15) is 9.50 Å². The molecule has 1 aliphatic rings. The molecule has 0 bridgehead atoms. The Bertz CT molecular complexity index is 605. The van der Waals surface area contributed by atoms with Crippen LogP contribution in [0.4, 0.5) is 4.39 Å². The highest BCUT2D eigenvalue weighted by Crippen LogP contribution is 2.26. The number of nitrogens with zero attached hydrogens (tertiary/aromatic N) is 1. The summed E-state index contributed by atoms with van der Waals surface area (Å²) >= 11 is 1.76. The van der Waals surface area contributed by atoms with Gasteiger partial charge in [-0.1, -0.05) is 18.2 Å². The molecule has 0 spiro atoms. The fourth-order valence-corrected chi connectivity index (χ4v) is 3.96.